The summed E-state index contributed by atoms with van der Waals surface area (Å²) in [7, 11) is 0. The summed E-state index contributed by atoms with van der Waals surface area (Å²) in [5.74, 6) is 3.69. The van der Waals surface area contributed by atoms with Crippen LogP contribution in [0.1, 0.15) is 77.6 Å². The molecule has 0 aliphatic heterocycles. The van der Waals surface area contributed by atoms with Gasteiger partial charge in [0.25, 0.3) is 11.3 Å². The number of allylic oxidation sites excluding steroid dienone is 2. The minimum Gasteiger partial charge on any atom is -0.348 e. The summed E-state index contributed by atoms with van der Waals surface area (Å²) in [5.41, 5.74) is 0. The molecule has 28 heavy (non-hydrogen) atoms. The lowest BCUT2D eigenvalue weighted by Crippen LogP contribution is -2.40. The van der Waals surface area contributed by atoms with Crippen LogP contribution in [0.3, 0.4) is 0 Å². The summed E-state index contributed by atoms with van der Waals surface area (Å²) < 4.78 is 17.6. The van der Waals surface area contributed by atoms with Crippen LogP contribution in [0.2, 0.25) is 0 Å². The van der Waals surface area contributed by atoms with Crippen LogP contribution in [0.5, 0.6) is 0 Å². The highest BCUT2D eigenvalue weighted by Gasteiger charge is 2.10. The Morgan fingerprint density at radius 2 is 1.32 bits per heavy atom. The van der Waals surface area contributed by atoms with E-state index in [1.165, 1.54) is 12.8 Å². The SMILES string of the molecule is CCCCNC(=O)C(=O)NCCCC/C=C\CCCCCCCNS(=O)ON. The molecule has 0 aliphatic rings. The fourth-order valence-electron chi connectivity index (χ4n) is 2.47. The molecule has 164 valence electrons. The summed E-state index contributed by atoms with van der Waals surface area (Å²) in [6.45, 7) is 3.77. The van der Waals surface area contributed by atoms with Crippen LogP contribution in [0.25, 0.3) is 0 Å². The van der Waals surface area contributed by atoms with E-state index in [2.05, 4.69) is 31.8 Å². The highest BCUT2D eigenvalue weighted by Crippen LogP contribution is 2.06. The molecular formula is C19H38N4O4S. The number of hydrogen-bond donors (Lipinski definition) is 4. The maximum absolute atomic E-state index is 11.5. The van der Waals surface area contributed by atoms with Crippen LogP contribution in [0.15, 0.2) is 12.2 Å². The minimum atomic E-state index is -1.57. The fourth-order valence-corrected chi connectivity index (χ4v) is 2.85. The highest BCUT2D eigenvalue weighted by atomic mass is 32.2. The molecule has 0 aromatic rings. The van der Waals surface area contributed by atoms with Gasteiger partial charge in [-0.05, 0) is 44.9 Å². The topological polar surface area (TPSA) is 123 Å². The number of hydrogen-bond acceptors (Lipinski definition) is 5. The Balaban J connectivity index is 3.35. The zero-order valence-corrected chi connectivity index (χ0v) is 18.0. The molecule has 0 fully saturated rings. The molecule has 0 spiro atoms. The molecule has 8 nitrogen and oxygen atoms in total. The quantitative estimate of drug-likeness (QED) is 0.118. The Labute approximate surface area is 172 Å². The fraction of sp³-hybridized carbons (Fsp3) is 0.789. The van der Waals surface area contributed by atoms with Gasteiger partial charge in [-0.25, -0.2) is 8.93 Å². The maximum Gasteiger partial charge on any atom is 0.309 e. The number of nitrogens with one attached hydrogen (secondary N) is 3. The molecule has 0 saturated heterocycles. The monoisotopic (exact) mass is 418 g/mol. The van der Waals surface area contributed by atoms with Crippen molar-refractivity contribution in [1.29, 1.82) is 0 Å². The Bertz CT molecular complexity index is 461. The van der Waals surface area contributed by atoms with E-state index in [1.54, 1.807) is 0 Å². The first-order chi connectivity index (χ1) is 13.6. The van der Waals surface area contributed by atoms with E-state index < -0.39 is 23.1 Å². The third-order valence-electron chi connectivity index (χ3n) is 4.13. The minimum absolute atomic E-state index is 0.535. The molecule has 0 radical (unpaired) electrons. The lowest BCUT2D eigenvalue weighted by atomic mass is 10.1. The predicted molar refractivity (Wildman–Crippen MR) is 113 cm³/mol. The number of nitrogens with two attached hydrogens (primary N) is 1. The van der Waals surface area contributed by atoms with Gasteiger partial charge >= 0.3 is 11.8 Å². The highest BCUT2D eigenvalue weighted by molar-refractivity contribution is 7.78. The lowest BCUT2D eigenvalue weighted by Gasteiger charge is -2.05. The molecule has 9 heteroatoms. The van der Waals surface area contributed by atoms with Crippen LogP contribution in [0.4, 0.5) is 0 Å². The lowest BCUT2D eigenvalue weighted by molar-refractivity contribution is -0.139. The van der Waals surface area contributed by atoms with E-state index in [-0.39, 0.29) is 0 Å². The molecule has 0 aromatic heterocycles. The number of carbonyl (C=O) groups is 2. The smallest absolute Gasteiger partial charge is 0.309 e. The van der Waals surface area contributed by atoms with Crippen LogP contribution < -0.4 is 21.3 Å². The average molecular weight is 419 g/mol. The van der Waals surface area contributed by atoms with Gasteiger partial charge in [0.2, 0.25) is 0 Å². The molecule has 0 aromatic carbocycles. The van der Waals surface area contributed by atoms with Gasteiger partial charge < -0.3 is 10.6 Å². The van der Waals surface area contributed by atoms with Crippen LogP contribution in [-0.4, -0.2) is 35.7 Å². The van der Waals surface area contributed by atoms with Gasteiger partial charge in [0, 0.05) is 19.6 Å². The number of rotatable bonds is 18. The van der Waals surface area contributed by atoms with Crippen LogP contribution in [-0.2, 0) is 25.1 Å². The van der Waals surface area contributed by atoms with Gasteiger partial charge in [-0.1, -0.05) is 44.8 Å². The van der Waals surface area contributed by atoms with Gasteiger partial charge in [0.1, 0.15) is 0 Å². The van der Waals surface area contributed by atoms with Gasteiger partial charge in [-0.3, -0.25) is 9.59 Å². The summed E-state index contributed by atoms with van der Waals surface area (Å²) >= 11 is -1.57. The number of carbonyl (C=O) groups excluding carboxylic acids is 2. The molecule has 1 atom stereocenters. The van der Waals surface area contributed by atoms with Crippen molar-refractivity contribution >= 4 is 23.1 Å². The Kier molecular flexibility index (Phi) is 19.5. The van der Waals surface area contributed by atoms with Crippen LogP contribution in [0, 0.1) is 0 Å². The van der Waals surface area contributed by atoms with Crippen LogP contribution >= 0.6 is 0 Å². The Morgan fingerprint density at radius 1 is 0.821 bits per heavy atom. The van der Waals surface area contributed by atoms with Crippen molar-refractivity contribution in [2.75, 3.05) is 19.6 Å². The molecule has 0 saturated carbocycles. The van der Waals surface area contributed by atoms with E-state index in [4.69, 9.17) is 5.90 Å². The van der Waals surface area contributed by atoms with Gasteiger partial charge in [0.05, 0.1) is 0 Å². The molecule has 0 heterocycles. The van der Waals surface area contributed by atoms with Crippen molar-refractivity contribution in [2.24, 2.45) is 5.90 Å². The Morgan fingerprint density at radius 3 is 1.93 bits per heavy atom. The molecular weight excluding hydrogens is 380 g/mol. The number of unbranched alkanes of at least 4 members (excludes halogenated alkanes) is 8. The molecule has 5 N–H and O–H groups in total. The van der Waals surface area contributed by atoms with E-state index in [0.717, 1.165) is 57.8 Å². The molecule has 1 unspecified atom stereocenters. The van der Waals surface area contributed by atoms with Crippen molar-refractivity contribution in [2.45, 2.75) is 77.6 Å². The molecule has 0 aliphatic carbocycles. The second-order valence-corrected chi connectivity index (χ2v) is 7.56. The van der Waals surface area contributed by atoms with Crippen molar-refractivity contribution in [1.82, 2.24) is 15.4 Å². The zero-order chi connectivity index (χ0) is 20.9. The summed E-state index contributed by atoms with van der Waals surface area (Å²) in [5, 5.41) is 5.25. The standard InChI is InChI=1S/C19H38N4O4S/c1-2-3-15-21-18(24)19(25)22-16-13-11-9-7-5-4-6-8-10-12-14-17-23-28(26)27-20/h5,7,23H,2-4,6,8-17,20H2,1H3,(H,21,24)(H,22,25)/b7-5-. The molecule has 0 bridgehead atoms. The Hall–Kier alpha value is -1.29. The third kappa shape index (κ3) is 18.1. The normalized spacial score (nSPS) is 12.2. The zero-order valence-electron chi connectivity index (χ0n) is 17.2. The van der Waals surface area contributed by atoms with Crippen molar-refractivity contribution in [3.8, 4) is 0 Å². The molecule has 2 amide bonds. The summed E-state index contributed by atoms with van der Waals surface area (Å²) in [4.78, 5) is 23.0. The molecule has 0 rings (SSSR count). The van der Waals surface area contributed by atoms with E-state index in [0.29, 0.717) is 19.6 Å². The van der Waals surface area contributed by atoms with Gasteiger partial charge in [-0.15, -0.1) is 0 Å². The first-order valence-electron chi connectivity index (χ1n) is 10.3. The second kappa shape index (κ2) is 20.4. The summed E-state index contributed by atoms with van der Waals surface area (Å²) in [6, 6.07) is 0. The predicted octanol–water partition coefficient (Wildman–Crippen LogP) is 2.14. The average Bonchev–Trinajstić information content (AvgIpc) is 2.70. The first-order valence-corrected chi connectivity index (χ1v) is 11.4. The number of amides is 2. The second-order valence-electron chi connectivity index (χ2n) is 6.61. The van der Waals surface area contributed by atoms with Crippen molar-refractivity contribution in [3.63, 3.8) is 0 Å². The first kappa shape index (κ1) is 26.7. The van der Waals surface area contributed by atoms with E-state index >= 15 is 0 Å². The van der Waals surface area contributed by atoms with E-state index in [9.17, 15) is 13.8 Å². The third-order valence-corrected chi connectivity index (χ3v) is 4.74. The maximum atomic E-state index is 11.5. The van der Waals surface area contributed by atoms with Crippen molar-refractivity contribution in [3.05, 3.63) is 12.2 Å². The van der Waals surface area contributed by atoms with Gasteiger partial charge in [0.15, 0.2) is 0 Å². The van der Waals surface area contributed by atoms with E-state index in [1.807, 2.05) is 6.92 Å². The van der Waals surface area contributed by atoms with Gasteiger partial charge in [-0.2, -0.15) is 10.2 Å². The summed E-state index contributed by atoms with van der Waals surface area (Å²) in [6.07, 6.45) is 15.8. The van der Waals surface area contributed by atoms with Crippen molar-refractivity contribution < 1.29 is 18.1 Å². The largest absolute Gasteiger partial charge is 0.348 e.